The molecule has 5 aromatic heterocycles. The number of halogens is 7. The van der Waals surface area contributed by atoms with Crippen molar-refractivity contribution in [2.75, 3.05) is 5.32 Å². The van der Waals surface area contributed by atoms with Crippen LogP contribution in [0.25, 0.3) is 33.9 Å². The van der Waals surface area contributed by atoms with Crippen molar-refractivity contribution < 1.29 is 41.0 Å². The van der Waals surface area contributed by atoms with E-state index in [9.17, 15) is 40.7 Å². The number of alkyl halides is 6. The van der Waals surface area contributed by atoms with Crippen LogP contribution in [0.3, 0.4) is 0 Å². The third-order valence-electron chi connectivity index (χ3n) is 8.52. The number of carboxylic acid groups (broad SMARTS) is 1. The number of pyridine rings is 1. The Kier molecular flexibility index (Phi) is 11.1. The molecule has 3 N–H and O–H groups in total. The maximum atomic E-state index is 13.8. The number of carbonyl (C=O) groups excluding carboxylic acids is 1. The van der Waals surface area contributed by atoms with E-state index < -0.39 is 47.1 Å². The van der Waals surface area contributed by atoms with Crippen molar-refractivity contribution >= 4 is 29.2 Å². The highest BCUT2D eigenvalue weighted by molar-refractivity contribution is 6.31. The quantitative estimate of drug-likeness (QED) is 0.190. The molecule has 6 heterocycles. The first kappa shape index (κ1) is 40.0. The molecule has 2 atom stereocenters. The van der Waals surface area contributed by atoms with E-state index in [0.29, 0.717) is 47.6 Å². The zero-order valence-electron chi connectivity index (χ0n) is 29.0. The first-order chi connectivity index (χ1) is 26.9. The minimum Gasteiger partial charge on any atom is -0.475 e. The summed E-state index contributed by atoms with van der Waals surface area (Å²) in [5.74, 6) is -3.38. The van der Waals surface area contributed by atoms with Crippen LogP contribution in [0.15, 0.2) is 83.2 Å². The van der Waals surface area contributed by atoms with E-state index in [2.05, 4.69) is 40.9 Å². The van der Waals surface area contributed by atoms with Crippen LogP contribution < -0.4 is 16.4 Å². The first-order valence-electron chi connectivity index (χ1n) is 16.5. The summed E-state index contributed by atoms with van der Waals surface area (Å²) < 4.78 is 75.3. The van der Waals surface area contributed by atoms with Crippen molar-refractivity contribution in [3.63, 3.8) is 0 Å². The second-order valence-electron chi connectivity index (χ2n) is 12.5. The molecule has 1 aromatic carbocycles. The lowest BCUT2D eigenvalue weighted by Gasteiger charge is -2.22. The van der Waals surface area contributed by atoms with Gasteiger partial charge in [-0.2, -0.15) is 36.5 Å². The minimum atomic E-state index is -5.08. The van der Waals surface area contributed by atoms with Gasteiger partial charge < -0.3 is 10.4 Å². The van der Waals surface area contributed by atoms with Gasteiger partial charge in [0.1, 0.15) is 5.69 Å². The average molecular weight is 818 g/mol. The Balaban J connectivity index is 0.000000719. The monoisotopic (exact) mass is 817 g/mol. The average Bonchev–Trinajstić information content (AvgIpc) is 3.82. The second kappa shape index (κ2) is 15.8. The first-order valence-corrected chi connectivity index (χ1v) is 16.9. The zero-order chi connectivity index (χ0) is 41.2. The van der Waals surface area contributed by atoms with Crippen molar-refractivity contribution in [3.8, 4) is 33.9 Å². The Morgan fingerprint density at radius 1 is 0.965 bits per heavy atom. The largest absolute Gasteiger partial charge is 0.490 e. The van der Waals surface area contributed by atoms with Gasteiger partial charge >= 0.3 is 18.3 Å². The van der Waals surface area contributed by atoms with Gasteiger partial charge in [-0.25, -0.2) is 24.2 Å². The minimum absolute atomic E-state index is 0.150. The fourth-order valence-electron chi connectivity index (χ4n) is 5.73. The van der Waals surface area contributed by atoms with Crippen LogP contribution in [0.4, 0.5) is 32.0 Å². The molecule has 0 aliphatic carbocycles. The van der Waals surface area contributed by atoms with Gasteiger partial charge in [-0.05, 0) is 43.2 Å². The molecule has 0 unspecified atom stereocenters. The third-order valence-corrected chi connectivity index (χ3v) is 8.76. The van der Waals surface area contributed by atoms with Crippen LogP contribution >= 0.6 is 11.6 Å². The van der Waals surface area contributed by atoms with E-state index >= 15 is 0 Å². The number of anilines is 1. The topological polar surface area (TPSA) is 208 Å². The molecule has 23 heteroatoms. The summed E-state index contributed by atoms with van der Waals surface area (Å²) >= 11 is 6.25. The smallest absolute Gasteiger partial charge is 0.475 e. The molecular weight excluding hydrogens is 792 g/mol. The summed E-state index contributed by atoms with van der Waals surface area (Å²) in [5.41, 5.74) is 0.839. The molecule has 0 saturated carbocycles. The van der Waals surface area contributed by atoms with E-state index in [-0.39, 0.29) is 27.9 Å². The number of aromatic nitrogens is 10. The highest BCUT2D eigenvalue weighted by atomic mass is 35.5. The lowest BCUT2D eigenvalue weighted by atomic mass is 9.97. The highest BCUT2D eigenvalue weighted by Crippen LogP contribution is 2.34. The number of H-pyrrole nitrogens is 1. The Morgan fingerprint density at radius 3 is 2.39 bits per heavy atom. The Labute approximate surface area is 319 Å². The number of carboxylic acids is 1. The third kappa shape index (κ3) is 9.06. The molecule has 0 spiro atoms. The van der Waals surface area contributed by atoms with Gasteiger partial charge in [0, 0.05) is 40.4 Å². The number of hydrogen-bond donors (Lipinski definition) is 3. The Hall–Kier alpha value is -6.71. The van der Waals surface area contributed by atoms with Crippen molar-refractivity contribution in [1.82, 2.24) is 49.5 Å². The standard InChI is InChI=1S/C32H25ClF3N11O3.C2HF3O2/c1-17-3-2-4-26(23-9-18(7-8-37-23)30-24(40-31(17)50)14-46(43-30)20-11-28(48)42-39-13-20)45-16-38-22(12-29(45)49)21-10-19(33)5-6-25(21)47-15-27(41-44-47)32(34,35)36;3-2(4,5)1(6)7/h5-17,26H,2-4H2,1H3,(H,40,50)(H,42,48);(H,6,7)/t17-,26+;/m1./s1. The number of aromatic amines is 1. The van der Waals surface area contributed by atoms with Crippen molar-refractivity contribution in [2.24, 2.45) is 5.92 Å². The van der Waals surface area contributed by atoms with Crippen LogP contribution in [-0.4, -0.2) is 72.7 Å². The van der Waals surface area contributed by atoms with E-state index in [1.165, 1.54) is 52.1 Å². The number of aliphatic carboxylic acids is 1. The van der Waals surface area contributed by atoms with Gasteiger partial charge in [0.25, 0.3) is 11.1 Å². The molecular formula is C34H26ClF6N11O5. The van der Waals surface area contributed by atoms with E-state index in [1.54, 1.807) is 31.5 Å². The van der Waals surface area contributed by atoms with Crippen LogP contribution in [-0.2, 0) is 15.8 Å². The Morgan fingerprint density at radius 2 is 1.72 bits per heavy atom. The van der Waals surface area contributed by atoms with Crippen LogP contribution in [0.5, 0.6) is 0 Å². The normalized spacial score (nSPS) is 16.0. The highest BCUT2D eigenvalue weighted by Gasteiger charge is 2.38. The SMILES string of the molecule is C[C@@H]1CCC[C@H](n2cnc(-c3cc(Cl)ccc3-n3cc(C(F)(F)F)nn3)cc2=O)c2cc(ccn2)-c2nn(-c3cn[nH]c(=O)c3)cc2NC1=O.O=C(O)C(F)(F)F. The lowest BCUT2D eigenvalue weighted by Crippen LogP contribution is -2.27. The van der Waals surface area contributed by atoms with Gasteiger partial charge in [0.2, 0.25) is 5.91 Å². The fourth-order valence-corrected chi connectivity index (χ4v) is 5.90. The van der Waals surface area contributed by atoms with E-state index in [1.807, 2.05) is 0 Å². The lowest BCUT2D eigenvalue weighted by molar-refractivity contribution is -0.192. The molecule has 16 nitrogen and oxygen atoms in total. The predicted octanol–water partition coefficient (Wildman–Crippen LogP) is 5.48. The predicted molar refractivity (Wildman–Crippen MR) is 188 cm³/mol. The fraction of sp³-hybridized carbons (Fsp3) is 0.235. The second-order valence-corrected chi connectivity index (χ2v) is 12.9. The number of fused-ring (bicyclic) bond motifs is 4. The van der Waals surface area contributed by atoms with Crippen LogP contribution in [0.1, 0.15) is 43.6 Å². The van der Waals surface area contributed by atoms with E-state index in [0.717, 1.165) is 10.9 Å². The Bertz CT molecular complexity index is 2580. The molecule has 7 rings (SSSR count). The van der Waals surface area contributed by atoms with Gasteiger partial charge in [-0.15, -0.1) is 5.10 Å². The molecule has 0 fully saturated rings. The number of hydrogen-bond acceptors (Lipinski definition) is 10. The number of amides is 1. The van der Waals surface area contributed by atoms with Crippen LogP contribution in [0, 0.1) is 5.92 Å². The molecule has 1 aliphatic rings. The molecule has 6 aromatic rings. The molecule has 2 bridgehead atoms. The van der Waals surface area contributed by atoms with Crippen molar-refractivity contribution in [2.45, 2.75) is 44.6 Å². The van der Waals surface area contributed by atoms with Crippen molar-refractivity contribution in [1.29, 1.82) is 0 Å². The zero-order valence-corrected chi connectivity index (χ0v) is 29.7. The van der Waals surface area contributed by atoms with E-state index in [4.69, 9.17) is 21.5 Å². The molecule has 296 valence electrons. The number of benzene rings is 1. The molecule has 57 heavy (non-hydrogen) atoms. The van der Waals surface area contributed by atoms with Gasteiger partial charge in [0.15, 0.2) is 5.69 Å². The summed E-state index contributed by atoms with van der Waals surface area (Å²) in [7, 11) is 0. The number of nitrogens with one attached hydrogen (secondary N) is 2. The number of nitrogens with zero attached hydrogens (tertiary/aromatic N) is 9. The molecule has 0 saturated heterocycles. The summed E-state index contributed by atoms with van der Waals surface area (Å²) in [6.45, 7) is 1.80. The molecule has 1 aliphatic heterocycles. The van der Waals surface area contributed by atoms with Gasteiger partial charge in [-0.1, -0.05) is 30.2 Å². The summed E-state index contributed by atoms with van der Waals surface area (Å²) in [6.07, 6.45) is -1.62. The summed E-state index contributed by atoms with van der Waals surface area (Å²) in [6, 6.07) is 9.88. The summed E-state index contributed by atoms with van der Waals surface area (Å²) in [5, 5.41) is 28.0. The van der Waals surface area contributed by atoms with Gasteiger partial charge in [-0.3, -0.25) is 23.9 Å². The van der Waals surface area contributed by atoms with Gasteiger partial charge in [0.05, 0.1) is 59.4 Å². The number of rotatable bonds is 4. The maximum Gasteiger partial charge on any atom is 0.490 e. The molecule has 0 radical (unpaired) electrons. The number of carbonyl (C=O) groups is 2. The summed E-state index contributed by atoms with van der Waals surface area (Å²) in [4.78, 5) is 57.0. The van der Waals surface area contributed by atoms with Crippen molar-refractivity contribution in [3.05, 3.63) is 111 Å². The molecule has 1 amide bonds. The van der Waals surface area contributed by atoms with Crippen LogP contribution in [0.2, 0.25) is 5.02 Å². The maximum absolute atomic E-state index is 13.8.